The molecule has 0 aromatic heterocycles. The number of carbonyl (C=O) groups is 2. The lowest BCUT2D eigenvalue weighted by molar-refractivity contribution is -0.120. The van der Waals surface area contributed by atoms with Gasteiger partial charge in [0.25, 0.3) is 11.8 Å². The van der Waals surface area contributed by atoms with Crippen molar-refractivity contribution in [1.29, 1.82) is 0 Å². The SMILES string of the molecule is O=C1/C(=C\C=C/c2ccccc2)SC(=S)N1C(=O)c1ccccc1. The highest BCUT2D eigenvalue weighted by Gasteiger charge is 2.36. The number of allylic oxidation sites excluding steroid dienone is 2. The molecule has 0 N–H and O–H groups in total. The number of hydrogen-bond acceptors (Lipinski definition) is 4. The summed E-state index contributed by atoms with van der Waals surface area (Å²) in [6.45, 7) is 0. The Bertz CT molecular complexity index is 842. The van der Waals surface area contributed by atoms with E-state index in [-0.39, 0.29) is 10.2 Å². The first-order valence-electron chi connectivity index (χ1n) is 7.26. The van der Waals surface area contributed by atoms with Crippen LogP contribution in [0.2, 0.25) is 0 Å². The Kier molecular flexibility index (Phi) is 5.03. The Hall–Kier alpha value is -2.50. The minimum atomic E-state index is -0.395. The standard InChI is InChI=1S/C19H13NO2S2/c21-17(15-11-5-2-6-12-15)20-18(22)16(24-19(20)23)13-7-10-14-8-3-1-4-9-14/h1-13H/b10-7-,16-13+. The minimum absolute atomic E-state index is 0.258. The van der Waals surface area contributed by atoms with Crippen molar-refractivity contribution < 1.29 is 9.59 Å². The van der Waals surface area contributed by atoms with E-state index in [0.717, 1.165) is 22.2 Å². The van der Waals surface area contributed by atoms with E-state index in [1.165, 1.54) is 0 Å². The Morgan fingerprint density at radius 3 is 2.29 bits per heavy atom. The molecule has 0 unspecified atom stereocenters. The summed E-state index contributed by atoms with van der Waals surface area (Å²) in [5.41, 5.74) is 1.47. The van der Waals surface area contributed by atoms with E-state index in [0.29, 0.717) is 10.5 Å². The molecule has 0 aliphatic carbocycles. The molecule has 3 nitrogen and oxygen atoms in total. The number of imide groups is 1. The van der Waals surface area contributed by atoms with Crippen molar-refractivity contribution in [1.82, 2.24) is 4.90 Å². The Balaban J connectivity index is 1.78. The summed E-state index contributed by atoms with van der Waals surface area (Å²) in [4.78, 5) is 26.4. The van der Waals surface area contributed by atoms with Crippen LogP contribution in [0.25, 0.3) is 6.08 Å². The van der Waals surface area contributed by atoms with Gasteiger partial charge in [-0.15, -0.1) is 0 Å². The maximum atomic E-state index is 12.5. The lowest BCUT2D eigenvalue weighted by Gasteiger charge is -2.12. The van der Waals surface area contributed by atoms with Gasteiger partial charge in [-0.05, 0) is 23.8 Å². The number of amides is 2. The third kappa shape index (κ3) is 3.53. The van der Waals surface area contributed by atoms with Gasteiger partial charge in [0.05, 0.1) is 4.91 Å². The van der Waals surface area contributed by atoms with Crippen LogP contribution in [0.15, 0.2) is 77.7 Å². The van der Waals surface area contributed by atoms with Crippen molar-refractivity contribution in [3.05, 3.63) is 88.8 Å². The van der Waals surface area contributed by atoms with Crippen LogP contribution in [0.4, 0.5) is 0 Å². The Morgan fingerprint density at radius 2 is 1.62 bits per heavy atom. The second kappa shape index (κ2) is 7.38. The molecule has 0 spiro atoms. The number of nitrogens with zero attached hydrogens (tertiary/aromatic N) is 1. The van der Waals surface area contributed by atoms with Gasteiger partial charge in [-0.3, -0.25) is 9.59 Å². The van der Waals surface area contributed by atoms with Gasteiger partial charge in [-0.1, -0.05) is 84.7 Å². The fourth-order valence-electron chi connectivity index (χ4n) is 2.18. The smallest absolute Gasteiger partial charge is 0.268 e. The minimum Gasteiger partial charge on any atom is -0.268 e. The van der Waals surface area contributed by atoms with Gasteiger partial charge >= 0.3 is 0 Å². The van der Waals surface area contributed by atoms with Gasteiger partial charge in [-0.25, -0.2) is 4.90 Å². The summed E-state index contributed by atoms with van der Waals surface area (Å²) < 4.78 is 0.258. The van der Waals surface area contributed by atoms with Gasteiger partial charge in [0.2, 0.25) is 0 Å². The van der Waals surface area contributed by atoms with E-state index in [9.17, 15) is 9.59 Å². The molecule has 0 bridgehead atoms. The Morgan fingerprint density at radius 1 is 1.00 bits per heavy atom. The van der Waals surface area contributed by atoms with Crippen molar-refractivity contribution in [2.45, 2.75) is 0 Å². The van der Waals surface area contributed by atoms with Crippen LogP contribution in [0.5, 0.6) is 0 Å². The molecule has 3 rings (SSSR count). The largest absolute Gasteiger partial charge is 0.273 e. The molecular formula is C19H13NO2S2. The highest BCUT2D eigenvalue weighted by molar-refractivity contribution is 8.26. The third-order valence-electron chi connectivity index (χ3n) is 3.35. The molecule has 24 heavy (non-hydrogen) atoms. The maximum Gasteiger partial charge on any atom is 0.273 e. The molecule has 5 heteroatoms. The van der Waals surface area contributed by atoms with Crippen molar-refractivity contribution in [3.8, 4) is 0 Å². The molecule has 1 aliphatic heterocycles. The van der Waals surface area contributed by atoms with Crippen molar-refractivity contribution in [2.24, 2.45) is 0 Å². The molecule has 1 aliphatic rings. The second-order valence-corrected chi connectivity index (χ2v) is 6.66. The summed E-state index contributed by atoms with van der Waals surface area (Å²) in [5, 5.41) is 0. The van der Waals surface area contributed by atoms with Crippen LogP contribution >= 0.6 is 24.0 Å². The number of rotatable bonds is 3. The average Bonchev–Trinajstić information content (AvgIpc) is 2.90. The molecule has 0 atom stereocenters. The van der Waals surface area contributed by atoms with E-state index in [1.54, 1.807) is 36.4 Å². The van der Waals surface area contributed by atoms with Crippen LogP contribution in [0.1, 0.15) is 15.9 Å². The van der Waals surface area contributed by atoms with E-state index in [4.69, 9.17) is 12.2 Å². The van der Waals surface area contributed by atoms with Gasteiger partial charge < -0.3 is 0 Å². The lowest BCUT2D eigenvalue weighted by atomic mass is 10.2. The molecule has 2 aromatic rings. The number of hydrogen-bond donors (Lipinski definition) is 0. The molecule has 1 heterocycles. The normalized spacial score (nSPS) is 16.3. The first-order valence-corrected chi connectivity index (χ1v) is 8.48. The molecule has 2 amide bonds. The van der Waals surface area contributed by atoms with E-state index in [2.05, 4.69) is 0 Å². The predicted octanol–water partition coefficient (Wildman–Crippen LogP) is 4.28. The van der Waals surface area contributed by atoms with Crippen LogP contribution < -0.4 is 0 Å². The van der Waals surface area contributed by atoms with Crippen LogP contribution in [-0.2, 0) is 4.79 Å². The molecule has 0 radical (unpaired) electrons. The first-order chi connectivity index (χ1) is 11.7. The highest BCUT2D eigenvalue weighted by atomic mass is 32.2. The third-order valence-corrected chi connectivity index (χ3v) is 4.67. The number of benzene rings is 2. The number of thiocarbonyl (C=S) groups is 1. The average molecular weight is 351 g/mol. The van der Waals surface area contributed by atoms with E-state index in [1.807, 2.05) is 42.5 Å². The van der Waals surface area contributed by atoms with Crippen molar-refractivity contribution in [3.63, 3.8) is 0 Å². The van der Waals surface area contributed by atoms with Crippen LogP contribution in [0, 0.1) is 0 Å². The lowest BCUT2D eigenvalue weighted by Crippen LogP contribution is -2.34. The fraction of sp³-hybridized carbons (Fsp3) is 0. The quantitative estimate of drug-likeness (QED) is 0.470. The zero-order valence-electron chi connectivity index (χ0n) is 12.6. The fourth-order valence-corrected chi connectivity index (χ4v) is 3.38. The molecular weight excluding hydrogens is 338 g/mol. The highest BCUT2D eigenvalue weighted by Crippen LogP contribution is 2.32. The molecule has 118 valence electrons. The summed E-state index contributed by atoms with van der Waals surface area (Å²) in [7, 11) is 0. The van der Waals surface area contributed by atoms with Gasteiger partial charge in [0, 0.05) is 5.56 Å². The van der Waals surface area contributed by atoms with E-state index >= 15 is 0 Å². The summed E-state index contributed by atoms with van der Waals surface area (Å²) >= 11 is 6.33. The first kappa shape index (κ1) is 16.4. The second-order valence-electron chi connectivity index (χ2n) is 4.98. The number of carbonyl (C=O) groups excluding carboxylic acids is 2. The molecule has 1 fully saturated rings. The topological polar surface area (TPSA) is 37.4 Å². The molecule has 0 saturated carbocycles. The zero-order chi connectivity index (χ0) is 16.9. The van der Waals surface area contributed by atoms with E-state index < -0.39 is 5.91 Å². The van der Waals surface area contributed by atoms with Gasteiger partial charge in [0.1, 0.15) is 0 Å². The monoisotopic (exact) mass is 351 g/mol. The maximum absolute atomic E-state index is 12.5. The summed E-state index contributed by atoms with van der Waals surface area (Å²) in [6, 6.07) is 18.4. The van der Waals surface area contributed by atoms with Gasteiger partial charge in [-0.2, -0.15) is 0 Å². The summed E-state index contributed by atoms with van der Waals surface area (Å²) in [5.74, 6) is -0.773. The van der Waals surface area contributed by atoms with Gasteiger partial charge in [0.15, 0.2) is 4.32 Å². The Labute approximate surface area is 149 Å². The summed E-state index contributed by atoms with van der Waals surface area (Å²) in [6.07, 6.45) is 5.37. The number of thioether (sulfide) groups is 1. The predicted molar refractivity (Wildman–Crippen MR) is 101 cm³/mol. The zero-order valence-corrected chi connectivity index (χ0v) is 14.2. The molecule has 2 aromatic carbocycles. The van der Waals surface area contributed by atoms with Crippen molar-refractivity contribution >= 4 is 46.2 Å². The van der Waals surface area contributed by atoms with Crippen molar-refractivity contribution in [2.75, 3.05) is 0 Å². The molecule has 1 saturated heterocycles. The van der Waals surface area contributed by atoms with Crippen LogP contribution in [-0.4, -0.2) is 21.0 Å². The van der Waals surface area contributed by atoms with Crippen LogP contribution in [0.3, 0.4) is 0 Å².